The summed E-state index contributed by atoms with van der Waals surface area (Å²) in [4.78, 5) is 14.9. The number of ether oxygens (including phenoxy) is 2. The van der Waals surface area contributed by atoms with E-state index >= 15 is 0 Å². The molecule has 1 atom stereocenters. The van der Waals surface area contributed by atoms with Crippen LogP contribution in [-0.2, 0) is 21.4 Å². The Balaban J connectivity index is 1.66. The van der Waals surface area contributed by atoms with Crippen molar-refractivity contribution in [2.75, 3.05) is 33.9 Å². The van der Waals surface area contributed by atoms with Gasteiger partial charge >= 0.3 is 0 Å². The fourth-order valence-corrected chi connectivity index (χ4v) is 5.30. The Morgan fingerprint density at radius 3 is 2.35 bits per heavy atom. The van der Waals surface area contributed by atoms with Crippen molar-refractivity contribution in [3.8, 4) is 11.5 Å². The zero-order valence-electron chi connectivity index (χ0n) is 18.3. The van der Waals surface area contributed by atoms with E-state index in [1.54, 1.807) is 43.3 Å². The second kappa shape index (κ2) is 10.2. The van der Waals surface area contributed by atoms with E-state index in [-0.39, 0.29) is 23.3 Å². The quantitative estimate of drug-likeness (QED) is 0.623. The number of sulfonamides is 1. The minimum atomic E-state index is -3.66. The Kier molecular flexibility index (Phi) is 7.56. The third kappa shape index (κ3) is 5.57. The maximum atomic E-state index is 13.1. The first kappa shape index (κ1) is 23.1. The lowest BCUT2D eigenvalue weighted by molar-refractivity contribution is -0.135. The molecule has 7 nitrogen and oxygen atoms in total. The van der Waals surface area contributed by atoms with E-state index in [1.165, 1.54) is 4.31 Å². The van der Waals surface area contributed by atoms with Gasteiger partial charge in [0.15, 0.2) is 0 Å². The molecule has 0 unspecified atom stereocenters. The lowest BCUT2D eigenvalue weighted by atomic mass is 9.98. The SMILES string of the molecule is CCOc1ccc(S(=O)(=O)N2CCC[C@H](C(=O)N(C)Cc3ccc(OC)cc3)C2)cc1. The van der Waals surface area contributed by atoms with E-state index in [0.29, 0.717) is 38.3 Å². The molecule has 1 saturated heterocycles. The van der Waals surface area contributed by atoms with Gasteiger partial charge in [-0.25, -0.2) is 8.42 Å². The molecule has 0 aromatic heterocycles. The average molecular weight is 447 g/mol. The summed E-state index contributed by atoms with van der Waals surface area (Å²) in [5.41, 5.74) is 0.992. The molecule has 8 heteroatoms. The number of nitrogens with zero attached hydrogens (tertiary/aromatic N) is 2. The van der Waals surface area contributed by atoms with Crippen molar-refractivity contribution in [1.29, 1.82) is 0 Å². The highest BCUT2D eigenvalue weighted by Gasteiger charge is 2.34. The molecule has 2 aromatic rings. The number of methoxy groups -OCH3 is 1. The molecular formula is C23H30N2O5S. The lowest BCUT2D eigenvalue weighted by Gasteiger charge is -2.33. The Bertz CT molecular complexity index is 974. The van der Waals surface area contributed by atoms with Gasteiger partial charge < -0.3 is 14.4 Å². The largest absolute Gasteiger partial charge is 0.497 e. The Labute approximate surface area is 184 Å². The molecule has 31 heavy (non-hydrogen) atoms. The average Bonchev–Trinajstić information content (AvgIpc) is 2.79. The fraction of sp³-hybridized carbons (Fsp3) is 0.435. The molecule has 2 aromatic carbocycles. The maximum Gasteiger partial charge on any atom is 0.243 e. The third-order valence-electron chi connectivity index (χ3n) is 5.46. The summed E-state index contributed by atoms with van der Waals surface area (Å²) in [5, 5.41) is 0. The van der Waals surface area contributed by atoms with Gasteiger partial charge in [-0.15, -0.1) is 0 Å². The smallest absolute Gasteiger partial charge is 0.243 e. The van der Waals surface area contributed by atoms with Crippen molar-refractivity contribution < 1.29 is 22.7 Å². The zero-order chi connectivity index (χ0) is 22.4. The van der Waals surface area contributed by atoms with Gasteiger partial charge in [-0.05, 0) is 61.7 Å². The van der Waals surface area contributed by atoms with Gasteiger partial charge in [0.05, 0.1) is 24.5 Å². The highest BCUT2D eigenvalue weighted by Crippen LogP contribution is 2.26. The maximum absolute atomic E-state index is 13.1. The van der Waals surface area contributed by atoms with Gasteiger partial charge in [-0.2, -0.15) is 4.31 Å². The van der Waals surface area contributed by atoms with Crippen LogP contribution in [0.25, 0.3) is 0 Å². The molecule has 1 heterocycles. The first-order chi connectivity index (χ1) is 14.8. The van der Waals surface area contributed by atoms with Gasteiger partial charge in [0.25, 0.3) is 0 Å². The van der Waals surface area contributed by atoms with Gasteiger partial charge in [-0.3, -0.25) is 4.79 Å². The zero-order valence-corrected chi connectivity index (χ0v) is 19.1. The summed E-state index contributed by atoms with van der Waals surface area (Å²) < 4.78 is 38.2. The highest BCUT2D eigenvalue weighted by atomic mass is 32.2. The monoisotopic (exact) mass is 446 g/mol. The highest BCUT2D eigenvalue weighted by molar-refractivity contribution is 7.89. The van der Waals surface area contributed by atoms with E-state index < -0.39 is 10.0 Å². The Morgan fingerprint density at radius 2 is 1.74 bits per heavy atom. The number of carbonyl (C=O) groups excluding carboxylic acids is 1. The molecule has 0 aliphatic carbocycles. The molecule has 168 valence electrons. The molecular weight excluding hydrogens is 416 g/mol. The number of piperidine rings is 1. The minimum Gasteiger partial charge on any atom is -0.497 e. The van der Waals surface area contributed by atoms with Gasteiger partial charge in [0.2, 0.25) is 15.9 Å². The van der Waals surface area contributed by atoms with Gasteiger partial charge in [-0.1, -0.05) is 12.1 Å². The summed E-state index contributed by atoms with van der Waals surface area (Å²) in [6.07, 6.45) is 1.34. The van der Waals surface area contributed by atoms with Crippen molar-refractivity contribution in [3.05, 3.63) is 54.1 Å². The molecule has 0 bridgehead atoms. The predicted octanol–water partition coefficient (Wildman–Crippen LogP) is 3.15. The van der Waals surface area contributed by atoms with Crippen molar-refractivity contribution in [3.63, 3.8) is 0 Å². The van der Waals surface area contributed by atoms with Crippen LogP contribution in [0.2, 0.25) is 0 Å². The van der Waals surface area contributed by atoms with Crippen LogP contribution in [0.15, 0.2) is 53.4 Å². The second-order valence-corrected chi connectivity index (χ2v) is 9.59. The first-order valence-electron chi connectivity index (χ1n) is 10.5. The summed E-state index contributed by atoms with van der Waals surface area (Å²) in [6, 6.07) is 14.0. The summed E-state index contributed by atoms with van der Waals surface area (Å²) in [7, 11) is -0.291. The topological polar surface area (TPSA) is 76.2 Å². The molecule has 0 spiro atoms. The van der Waals surface area contributed by atoms with Crippen LogP contribution < -0.4 is 9.47 Å². The summed E-state index contributed by atoms with van der Waals surface area (Å²) in [5.74, 6) is 1.00. The van der Waals surface area contributed by atoms with E-state index in [9.17, 15) is 13.2 Å². The van der Waals surface area contributed by atoms with Crippen molar-refractivity contribution >= 4 is 15.9 Å². The first-order valence-corrected chi connectivity index (χ1v) is 11.9. The molecule has 0 N–H and O–H groups in total. The van der Waals surface area contributed by atoms with Crippen LogP contribution >= 0.6 is 0 Å². The van der Waals surface area contributed by atoms with E-state index in [2.05, 4.69) is 0 Å². The van der Waals surface area contributed by atoms with Gasteiger partial charge in [0, 0.05) is 26.7 Å². The molecule has 0 radical (unpaired) electrons. The molecule has 1 fully saturated rings. The number of carbonyl (C=O) groups is 1. The van der Waals surface area contributed by atoms with Crippen LogP contribution in [0.5, 0.6) is 11.5 Å². The van der Waals surface area contributed by atoms with E-state index in [4.69, 9.17) is 9.47 Å². The normalized spacial score (nSPS) is 17.2. The molecule has 1 amide bonds. The standard InChI is InChI=1S/C23H30N2O5S/c1-4-30-21-11-13-22(14-12-21)31(27,28)25-15-5-6-19(17-25)23(26)24(2)16-18-7-9-20(29-3)10-8-18/h7-14,19H,4-6,15-17H2,1-3H3/t19-/m0/s1. The van der Waals surface area contributed by atoms with Crippen molar-refractivity contribution in [2.45, 2.75) is 31.2 Å². The molecule has 0 saturated carbocycles. The summed E-state index contributed by atoms with van der Waals surface area (Å²) in [6.45, 7) is 3.47. The van der Waals surface area contributed by atoms with E-state index in [0.717, 1.165) is 11.3 Å². The lowest BCUT2D eigenvalue weighted by Crippen LogP contribution is -2.45. The second-order valence-electron chi connectivity index (χ2n) is 7.65. The Hall–Kier alpha value is -2.58. The number of hydrogen-bond donors (Lipinski definition) is 0. The minimum absolute atomic E-state index is 0.0394. The van der Waals surface area contributed by atoms with Crippen LogP contribution in [0.1, 0.15) is 25.3 Å². The number of amides is 1. The predicted molar refractivity (Wildman–Crippen MR) is 119 cm³/mol. The van der Waals surface area contributed by atoms with Crippen molar-refractivity contribution in [2.24, 2.45) is 5.92 Å². The van der Waals surface area contributed by atoms with Crippen LogP contribution in [0.4, 0.5) is 0 Å². The van der Waals surface area contributed by atoms with E-state index in [1.807, 2.05) is 31.2 Å². The molecule has 3 rings (SSSR count). The summed E-state index contributed by atoms with van der Waals surface area (Å²) >= 11 is 0. The van der Waals surface area contributed by atoms with Crippen LogP contribution in [0, 0.1) is 5.92 Å². The van der Waals surface area contributed by atoms with Crippen LogP contribution in [-0.4, -0.2) is 57.4 Å². The third-order valence-corrected chi connectivity index (χ3v) is 7.34. The number of hydrogen-bond acceptors (Lipinski definition) is 5. The Morgan fingerprint density at radius 1 is 1.10 bits per heavy atom. The number of benzene rings is 2. The molecule has 1 aliphatic rings. The van der Waals surface area contributed by atoms with Crippen molar-refractivity contribution in [1.82, 2.24) is 9.21 Å². The number of rotatable bonds is 8. The van der Waals surface area contributed by atoms with Gasteiger partial charge in [0.1, 0.15) is 11.5 Å². The fourth-order valence-electron chi connectivity index (χ4n) is 3.78. The van der Waals surface area contributed by atoms with Crippen LogP contribution in [0.3, 0.4) is 0 Å². The molecule has 1 aliphatic heterocycles.